The highest BCUT2D eigenvalue weighted by Crippen LogP contribution is 2.54. The Hall–Kier alpha value is -1.83. The number of carbonyl (C=O) groups excluding carboxylic acids is 1. The molecule has 3 rings (SSSR count). The summed E-state index contributed by atoms with van der Waals surface area (Å²) in [4.78, 5) is 13.7. The molecule has 1 aromatic rings. The van der Waals surface area contributed by atoms with Crippen LogP contribution in [0.5, 0.6) is 0 Å². The van der Waals surface area contributed by atoms with Crippen molar-refractivity contribution in [2.24, 2.45) is 11.1 Å². The van der Waals surface area contributed by atoms with Gasteiger partial charge in [0.15, 0.2) is 0 Å². The lowest BCUT2D eigenvalue weighted by Crippen LogP contribution is -2.36. The van der Waals surface area contributed by atoms with Crippen LogP contribution in [0.4, 0.5) is 15.8 Å². The molecule has 1 aliphatic heterocycles. The largest absolute Gasteiger partial charge is 0.369 e. The van der Waals surface area contributed by atoms with Crippen molar-refractivity contribution in [1.29, 1.82) is 0 Å². The summed E-state index contributed by atoms with van der Waals surface area (Å²) in [6.07, 6.45) is 4.49. The van der Waals surface area contributed by atoms with Gasteiger partial charge in [-0.15, -0.1) is 0 Å². The van der Waals surface area contributed by atoms with E-state index in [1.165, 1.54) is 25.0 Å². The van der Waals surface area contributed by atoms with E-state index in [1.54, 1.807) is 6.07 Å². The van der Waals surface area contributed by atoms with Gasteiger partial charge in [-0.3, -0.25) is 9.52 Å². The van der Waals surface area contributed by atoms with Crippen molar-refractivity contribution >= 4 is 27.3 Å². The molecule has 2 aliphatic rings. The van der Waals surface area contributed by atoms with Crippen LogP contribution < -0.4 is 15.4 Å². The average Bonchev–Trinajstić information content (AvgIpc) is 3.27. The van der Waals surface area contributed by atoms with Gasteiger partial charge in [0.05, 0.1) is 16.9 Å². The summed E-state index contributed by atoms with van der Waals surface area (Å²) in [5.74, 6) is -0.631. The molecule has 8 heteroatoms. The topological polar surface area (TPSA) is 92.5 Å². The molecule has 6 nitrogen and oxygen atoms in total. The fraction of sp³-hybridized carbons (Fsp3) is 0.533. The number of anilines is 2. The minimum absolute atomic E-state index is 0.200. The Balaban J connectivity index is 1.96. The molecule has 1 spiro atoms. The van der Waals surface area contributed by atoms with Gasteiger partial charge in [0, 0.05) is 13.1 Å². The normalized spacial score (nSPS) is 19.6. The van der Waals surface area contributed by atoms with Crippen LogP contribution in [0.1, 0.15) is 36.0 Å². The number of nitrogens with two attached hydrogens (primary N) is 1. The molecule has 0 unspecified atom stereocenters. The molecule has 3 N–H and O–H groups in total. The number of hydrogen-bond donors (Lipinski definition) is 2. The van der Waals surface area contributed by atoms with E-state index in [2.05, 4.69) is 4.72 Å². The predicted molar refractivity (Wildman–Crippen MR) is 86.6 cm³/mol. The number of nitrogens with zero attached hydrogens (tertiary/aromatic N) is 1. The maximum atomic E-state index is 12.6. The van der Waals surface area contributed by atoms with E-state index in [0.717, 1.165) is 25.9 Å². The Morgan fingerprint density at radius 1 is 1.26 bits per heavy atom. The van der Waals surface area contributed by atoms with Gasteiger partial charge in [-0.1, -0.05) is 6.07 Å². The maximum absolute atomic E-state index is 12.6. The van der Waals surface area contributed by atoms with Crippen LogP contribution in [0.15, 0.2) is 18.2 Å². The number of primary amides is 1. The number of carbonyl (C=O) groups is 1. The van der Waals surface area contributed by atoms with Crippen LogP contribution in [0.2, 0.25) is 0 Å². The summed E-state index contributed by atoms with van der Waals surface area (Å²) in [7, 11) is -4.08. The van der Waals surface area contributed by atoms with Crippen LogP contribution in [0.25, 0.3) is 0 Å². The molecular weight excluding hydrogens is 321 g/mol. The minimum Gasteiger partial charge on any atom is -0.369 e. The van der Waals surface area contributed by atoms with Gasteiger partial charge in [-0.2, -0.15) is 0 Å². The van der Waals surface area contributed by atoms with Gasteiger partial charge >= 0.3 is 0 Å². The van der Waals surface area contributed by atoms with Gasteiger partial charge in [-0.25, -0.2) is 12.8 Å². The van der Waals surface area contributed by atoms with Crippen LogP contribution in [-0.2, 0) is 10.0 Å². The second kappa shape index (κ2) is 5.67. The Labute approximate surface area is 134 Å². The first-order valence-electron chi connectivity index (χ1n) is 7.60. The van der Waals surface area contributed by atoms with E-state index in [0.29, 0.717) is 11.1 Å². The Bertz CT molecular complexity index is 721. The molecule has 2 fully saturated rings. The SMILES string of the molecule is NC(=O)c1cccc(NS(=O)(=O)CF)c1N1CCC2(CC1)CC2. The number of para-hydroxylation sites is 1. The molecule has 0 radical (unpaired) electrons. The molecule has 126 valence electrons. The maximum Gasteiger partial charge on any atom is 0.262 e. The van der Waals surface area contributed by atoms with Gasteiger partial charge in [0.25, 0.3) is 15.9 Å². The second-order valence-electron chi connectivity index (χ2n) is 6.38. The van der Waals surface area contributed by atoms with Crippen molar-refractivity contribution in [3.63, 3.8) is 0 Å². The number of nitrogens with one attached hydrogen (secondary N) is 1. The standard InChI is InChI=1S/C15H20FN3O3S/c16-10-23(21,22)18-12-3-1-2-11(14(17)20)13(12)19-8-6-15(4-5-15)7-9-19/h1-3,18H,4-10H2,(H2,17,20). The zero-order chi connectivity index (χ0) is 16.7. The zero-order valence-electron chi connectivity index (χ0n) is 12.7. The molecule has 1 aliphatic carbocycles. The third kappa shape index (κ3) is 3.26. The summed E-state index contributed by atoms with van der Waals surface area (Å²) in [6, 6.07) is 3.10. The van der Waals surface area contributed by atoms with Crippen molar-refractivity contribution < 1.29 is 17.6 Å². The third-order valence-electron chi connectivity index (χ3n) is 4.81. The lowest BCUT2D eigenvalue weighted by molar-refractivity contribution is 0.100. The van der Waals surface area contributed by atoms with Crippen molar-refractivity contribution in [2.75, 3.05) is 28.7 Å². The molecule has 23 heavy (non-hydrogen) atoms. The summed E-state index contributed by atoms with van der Waals surface area (Å²) >= 11 is 0. The fourth-order valence-electron chi connectivity index (χ4n) is 3.24. The number of amides is 1. The Morgan fingerprint density at radius 2 is 1.91 bits per heavy atom. The van der Waals surface area contributed by atoms with Crippen molar-refractivity contribution in [2.45, 2.75) is 25.7 Å². The van der Waals surface area contributed by atoms with Crippen molar-refractivity contribution in [3.8, 4) is 0 Å². The summed E-state index contributed by atoms with van der Waals surface area (Å²) < 4.78 is 38.0. The van der Waals surface area contributed by atoms with E-state index >= 15 is 0 Å². The number of hydrogen-bond acceptors (Lipinski definition) is 4. The number of sulfonamides is 1. The van der Waals surface area contributed by atoms with E-state index < -0.39 is 21.9 Å². The number of rotatable bonds is 5. The van der Waals surface area contributed by atoms with Crippen molar-refractivity contribution in [3.05, 3.63) is 23.8 Å². The minimum atomic E-state index is -4.08. The van der Waals surface area contributed by atoms with Gasteiger partial charge < -0.3 is 10.6 Å². The van der Waals surface area contributed by atoms with Gasteiger partial charge in [0.2, 0.25) is 6.01 Å². The van der Waals surface area contributed by atoms with Crippen LogP contribution in [0.3, 0.4) is 0 Å². The second-order valence-corrected chi connectivity index (χ2v) is 8.03. The molecule has 0 bridgehead atoms. The summed E-state index contributed by atoms with van der Waals surface area (Å²) in [5, 5.41) is 0. The highest BCUT2D eigenvalue weighted by Gasteiger charge is 2.44. The predicted octanol–water partition coefficient (Wildman–Crippen LogP) is 1.83. The first-order valence-corrected chi connectivity index (χ1v) is 9.25. The summed E-state index contributed by atoms with van der Waals surface area (Å²) in [5.41, 5.74) is 6.77. The van der Waals surface area contributed by atoms with Gasteiger partial charge in [-0.05, 0) is 43.2 Å². The quantitative estimate of drug-likeness (QED) is 0.854. The first kappa shape index (κ1) is 16.0. The average molecular weight is 341 g/mol. The molecule has 1 heterocycles. The highest BCUT2D eigenvalue weighted by molar-refractivity contribution is 7.92. The number of alkyl halides is 1. The number of halogens is 1. The third-order valence-corrected chi connectivity index (χ3v) is 5.63. The molecule has 0 atom stereocenters. The van der Waals surface area contributed by atoms with E-state index in [-0.39, 0.29) is 11.3 Å². The lowest BCUT2D eigenvalue weighted by Gasteiger charge is -2.35. The molecule has 1 saturated heterocycles. The van der Waals surface area contributed by atoms with Crippen LogP contribution in [-0.4, -0.2) is 33.4 Å². The van der Waals surface area contributed by atoms with E-state index in [4.69, 9.17) is 5.73 Å². The fourth-order valence-corrected chi connectivity index (χ4v) is 3.80. The van der Waals surface area contributed by atoms with E-state index in [9.17, 15) is 17.6 Å². The number of piperidine rings is 1. The highest BCUT2D eigenvalue weighted by atomic mass is 32.2. The number of benzene rings is 1. The van der Waals surface area contributed by atoms with Crippen LogP contribution >= 0.6 is 0 Å². The molecular formula is C15H20FN3O3S. The molecule has 0 aromatic heterocycles. The molecule has 1 amide bonds. The van der Waals surface area contributed by atoms with E-state index in [1.807, 2.05) is 4.90 Å². The van der Waals surface area contributed by atoms with Gasteiger partial charge in [0.1, 0.15) is 0 Å². The molecule has 1 saturated carbocycles. The Kier molecular flexibility index (Phi) is 3.95. The monoisotopic (exact) mass is 341 g/mol. The Morgan fingerprint density at radius 3 is 2.43 bits per heavy atom. The lowest BCUT2D eigenvalue weighted by atomic mass is 9.93. The summed E-state index contributed by atoms with van der Waals surface area (Å²) in [6.45, 7) is 1.46. The first-order chi connectivity index (χ1) is 10.9. The van der Waals surface area contributed by atoms with Crippen molar-refractivity contribution in [1.82, 2.24) is 0 Å². The zero-order valence-corrected chi connectivity index (χ0v) is 13.5. The van der Waals surface area contributed by atoms with Crippen LogP contribution in [0, 0.1) is 5.41 Å². The smallest absolute Gasteiger partial charge is 0.262 e. The molecule has 1 aromatic carbocycles.